The minimum atomic E-state index is -1.52. The van der Waals surface area contributed by atoms with Crippen molar-refractivity contribution in [2.24, 2.45) is 4.99 Å². The zero-order valence-electron chi connectivity index (χ0n) is 5.80. The number of aliphatic imine (C=N–C) groups is 1. The number of aliphatic carboxylic acids is 1. The van der Waals surface area contributed by atoms with E-state index in [4.69, 9.17) is 17.3 Å². The van der Waals surface area contributed by atoms with Gasteiger partial charge in [-0.3, -0.25) is 14.0 Å². The fourth-order valence-corrected chi connectivity index (χ4v) is 2.99. The Morgan fingerprint density at radius 1 is 1.92 bits per heavy atom. The van der Waals surface area contributed by atoms with E-state index in [2.05, 4.69) is 4.99 Å². The number of hydrogen-bond acceptors (Lipinski definition) is 5. The van der Waals surface area contributed by atoms with Crippen molar-refractivity contribution in [2.75, 3.05) is 5.75 Å². The van der Waals surface area contributed by atoms with E-state index in [9.17, 15) is 9.00 Å². The van der Waals surface area contributed by atoms with Gasteiger partial charge in [0.1, 0.15) is 5.75 Å². The molecule has 12 heavy (non-hydrogen) atoms. The van der Waals surface area contributed by atoms with E-state index >= 15 is 0 Å². The molecule has 1 aliphatic rings. The van der Waals surface area contributed by atoms with Crippen molar-refractivity contribution in [2.45, 2.75) is 5.37 Å². The largest absolute Gasteiger partial charge is 0.481 e. The third-order valence-corrected chi connectivity index (χ3v) is 3.96. The van der Waals surface area contributed by atoms with Gasteiger partial charge < -0.3 is 5.11 Å². The molecule has 0 amide bonds. The molecule has 0 aliphatic carbocycles. The summed E-state index contributed by atoms with van der Waals surface area (Å²) in [6.07, 6.45) is 0. The molecule has 2 atom stereocenters. The van der Waals surface area contributed by atoms with Crippen molar-refractivity contribution in [1.29, 1.82) is 0 Å². The second kappa shape index (κ2) is 4.11. The monoisotopic (exact) mass is 223 g/mol. The fourth-order valence-electron chi connectivity index (χ4n) is 0.633. The zero-order valence-corrected chi connectivity index (χ0v) is 8.25. The number of thiocarbonyl (C=S) groups is 1. The van der Waals surface area contributed by atoms with Crippen LogP contribution in [0.3, 0.4) is 0 Å². The van der Waals surface area contributed by atoms with Crippen molar-refractivity contribution in [3.05, 3.63) is 0 Å². The summed E-state index contributed by atoms with van der Waals surface area (Å²) in [5, 5.41) is 7.73. The first-order valence-corrected chi connectivity index (χ1v) is 5.59. The Morgan fingerprint density at radius 2 is 2.58 bits per heavy atom. The molecule has 0 bridgehead atoms. The summed E-state index contributed by atoms with van der Waals surface area (Å²) in [5.41, 5.74) is 1.49. The Balaban J connectivity index is 2.58. The Kier molecular flexibility index (Phi) is 3.36. The van der Waals surface area contributed by atoms with Crippen molar-refractivity contribution < 1.29 is 14.1 Å². The second-order valence-electron chi connectivity index (χ2n) is 1.96. The predicted octanol–water partition coefficient (Wildman–Crippen LogP) is 0.248. The highest BCUT2D eigenvalue weighted by atomic mass is 32.2. The molecule has 7 heteroatoms. The van der Waals surface area contributed by atoms with Gasteiger partial charge in [-0.05, 0) is 0 Å². The van der Waals surface area contributed by atoms with Crippen LogP contribution in [0.15, 0.2) is 4.99 Å². The molecule has 0 fully saturated rings. The molecule has 0 saturated heterocycles. The van der Waals surface area contributed by atoms with Crippen LogP contribution in [0.1, 0.15) is 0 Å². The number of nitrogens with zero attached hydrogens (tertiary/aromatic N) is 1. The standard InChI is InChI=1S/C5H5NO3S3/c7-3(8)1-12(9)4-5(10)11-2-6-4/h2,4H,1H2,(H,7,8). The van der Waals surface area contributed by atoms with E-state index in [1.54, 1.807) is 0 Å². The highest BCUT2D eigenvalue weighted by Gasteiger charge is 2.25. The quantitative estimate of drug-likeness (QED) is 0.695. The molecule has 0 aromatic rings. The van der Waals surface area contributed by atoms with E-state index in [-0.39, 0.29) is 0 Å². The van der Waals surface area contributed by atoms with Gasteiger partial charge in [-0.25, -0.2) is 0 Å². The number of carbonyl (C=O) groups is 1. The van der Waals surface area contributed by atoms with Gasteiger partial charge in [0.15, 0.2) is 5.37 Å². The third kappa shape index (κ3) is 2.36. The average Bonchev–Trinajstić information content (AvgIpc) is 2.33. The van der Waals surface area contributed by atoms with Gasteiger partial charge in [-0.1, -0.05) is 24.0 Å². The van der Waals surface area contributed by atoms with Crippen LogP contribution in [0, 0.1) is 0 Å². The van der Waals surface area contributed by atoms with Crippen LogP contribution in [-0.4, -0.2) is 36.2 Å². The second-order valence-corrected chi connectivity index (χ2v) is 5.04. The Bertz CT molecular complexity index is 275. The number of rotatable bonds is 3. The molecule has 0 saturated carbocycles. The molecule has 2 unspecified atom stereocenters. The molecule has 1 heterocycles. The number of carboxylic acids is 1. The molecule has 66 valence electrons. The predicted molar refractivity (Wildman–Crippen MR) is 53.1 cm³/mol. The molecular formula is C5H5NO3S3. The van der Waals surface area contributed by atoms with Crippen molar-refractivity contribution in [1.82, 2.24) is 0 Å². The van der Waals surface area contributed by atoms with Gasteiger partial charge >= 0.3 is 5.97 Å². The van der Waals surface area contributed by atoms with Crippen molar-refractivity contribution >= 4 is 50.5 Å². The van der Waals surface area contributed by atoms with E-state index in [0.717, 1.165) is 0 Å². The van der Waals surface area contributed by atoms with Gasteiger partial charge in [-0.2, -0.15) is 0 Å². The maximum absolute atomic E-state index is 11.2. The molecule has 0 aromatic heterocycles. The van der Waals surface area contributed by atoms with Gasteiger partial charge in [0.2, 0.25) is 0 Å². The normalized spacial score (nSPS) is 24.3. The summed E-state index contributed by atoms with van der Waals surface area (Å²) in [7, 11) is -1.52. The van der Waals surface area contributed by atoms with Gasteiger partial charge in [0, 0.05) is 0 Å². The van der Waals surface area contributed by atoms with Crippen LogP contribution in [-0.2, 0) is 15.6 Å². The molecule has 4 nitrogen and oxygen atoms in total. The zero-order chi connectivity index (χ0) is 9.14. The average molecular weight is 223 g/mol. The van der Waals surface area contributed by atoms with Gasteiger partial charge in [0.05, 0.1) is 20.5 Å². The van der Waals surface area contributed by atoms with Crippen LogP contribution in [0.4, 0.5) is 0 Å². The molecule has 0 radical (unpaired) electrons. The SMILES string of the molecule is O=C(O)CS(=O)C1N=CSC1=S. The first kappa shape index (κ1) is 9.82. The molecule has 0 spiro atoms. The molecule has 1 N–H and O–H groups in total. The third-order valence-electron chi connectivity index (χ3n) is 1.08. The Labute approximate surface area is 80.9 Å². The summed E-state index contributed by atoms with van der Waals surface area (Å²) in [6, 6.07) is 0. The Hall–Kier alpha value is -0.270. The minimum Gasteiger partial charge on any atom is -0.481 e. The van der Waals surface area contributed by atoms with Crippen LogP contribution in [0.5, 0.6) is 0 Å². The lowest BCUT2D eigenvalue weighted by molar-refractivity contribution is -0.133. The van der Waals surface area contributed by atoms with Crippen molar-refractivity contribution in [3.63, 3.8) is 0 Å². The minimum absolute atomic E-state index is 0.400. The van der Waals surface area contributed by atoms with Crippen LogP contribution in [0.25, 0.3) is 0 Å². The summed E-state index contributed by atoms with van der Waals surface area (Å²) in [6.45, 7) is 0. The van der Waals surface area contributed by atoms with Gasteiger partial charge in [0.25, 0.3) is 0 Å². The van der Waals surface area contributed by atoms with E-state index in [0.29, 0.717) is 4.20 Å². The first-order chi connectivity index (χ1) is 5.61. The fraction of sp³-hybridized carbons (Fsp3) is 0.400. The highest BCUT2D eigenvalue weighted by molar-refractivity contribution is 8.33. The Morgan fingerprint density at radius 3 is 3.00 bits per heavy atom. The van der Waals surface area contributed by atoms with Gasteiger partial charge in [-0.15, -0.1) is 0 Å². The lowest BCUT2D eigenvalue weighted by atomic mass is 10.8. The summed E-state index contributed by atoms with van der Waals surface area (Å²) in [4.78, 5) is 14.0. The van der Waals surface area contributed by atoms with Crippen LogP contribution >= 0.6 is 24.0 Å². The maximum Gasteiger partial charge on any atom is 0.316 e. The first-order valence-electron chi connectivity index (χ1n) is 2.92. The summed E-state index contributed by atoms with van der Waals surface area (Å²) >= 11 is 6.04. The molecule has 1 aliphatic heterocycles. The van der Waals surface area contributed by atoms with E-state index < -0.39 is 27.9 Å². The molecular weight excluding hydrogens is 218 g/mol. The van der Waals surface area contributed by atoms with Crippen molar-refractivity contribution in [3.8, 4) is 0 Å². The van der Waals surface area contributed by atoms with E-state index in [1.807, 2.05) is 0 Å². The smallest absolute Gasteiger partial charge is 0.316 e. The number of carboxylic acid groups (broad SMARTS) is 1. The summed E-state index contributed by atoms with van der Waals surface area (Å²) < 4.78 is 11.7. The lowest BCUT2D eigenvalue weighted by Crippen LogP contribution is -2.22. The topological polar surface area (TPSA) is 66.7 Å². The van der Waals surface area contributed by atoms with Crippen LogP contribution < -0.4 is 0 Å². The maximum atomic E-state index is 11.2. The molecule has 0 aromatic carbocycles. The number of hydrogen-bond donors (Lipinski definition) is 1. The summed E-state index contributed by atoms with van der Waals surface area (Å²) in [5.74, 6) is -1.49. The highest BCUT2D eigenvalue weighted by Crippen LogP contribution is 2.18. The van der Waals surface area contributed by atoms with Crippen LogP contribution in [0.2, 0.25) is 0 Å². The number of thioether (sulfide) groups is 1. The molecule has 1 rings (SSSR count). The van der Waals surface area contributed by atoms with E-state index in [1.165, 1.54) is 17.3 Å². The lowest BCUT2D eigenvalue weighted by Gasteiger charge is -2.03.